The number of aliphatic hydroxyl groups excluding tert-OH is 1. The van der Waals surface area contributed by atoms with Crippen LogP contribution in [0.2, 0.25) is 0 Å². The van der Waals surface area contributed by atoms with Gasteiger partial charge in [-0.1, -0.05) is 24.3 Å². The minimum atomic E-state index is 0.305. The number of rotatable bonds is 4. The summed E-state index contributed by atoms with van der Waals surface area (Å²) in [6, 6.07) is 8.66. The van der Waals surface area contributed by atoms with Crippen LogP contribution in [0.3, 0.4) is 0 Å². The summed E-state index contributed by atoms with van der Waals surface area (Å²) in [7, 11) is 0. The van der Waals surface area contributed by atoms with Crippen molar-refractivity contribution in [2.24, 2.45) is 0 Å². The Morgan fingerprint density at radius 1 is 1.23 bits per heavy atom. The van der Waals surface area contributed by atoms with Crippen LogP contribution >= 0.6 is 0 Å². The number of aryl methyl sites for hydroxylation is 1. The summed E-state index contributed by atoms with van der Waals surface area (Å²) in [6.45, 7) is 0.305. The van der Waals surface area contributed by atoms with Gasteiger partial charge in [-0.05, 0) is 42.7 Å². The molecule has 0 atom stereocenters. The van der Waals surface area contributed by atoms with Gasteiger partial charge < -0.3 is 5.11 Å². The van der Waals surface area contributed by atoms with Crippen molar-refractivity contribution in [3.8, 4) is 0 Å². The van der Waals surface area contributed by atoms with Crippen LogP contribution in [0.15, 0.2) is 24.3 Å². The standard InChI is InChI=1S/C12H16O/c13-9-3-5-10-4-1-2-6-12(10)11-7-8-11/h1-2,4,6,11,13H,3,5,7-9H2. The zero-order valence-corrected chi connectivity index (χ0v) is 7.87. The SMILES string of the molecule is OCCCc1ccccc1C1CC1. The van der Waals surface area contributed by atoms with Crippen LogP contribution in [0.25, 0.3) is 0 Å². The van der Waals surface area contributed by atoms with Crippen molar-refractivity contribution in [2.75, 3.05) is 6.61 Å². The first-order chi connectivity index (χ1) is 6.42. The van der Waals surface area contributed by atoms with E-state index in [0.29, 0.717) is 6.61 Å². The van der Waals surface area contributed by atoms with Gasteiger partial charge in [0.25, 0.3) is 0 Å². The molecule has 0 radical (unpaired) electrons. The van der Waals surface area contributed by atoms with E-state index in [9.17, 15) is 0 Å². The molecule has 0 amide bonds. The van der Waals surface area contributed by atoms with Crippen LogP contribution in [0.4, 0.5) is 0 Å². The fourth-order valence-corrected chi connectivity index (χ4v) is 1.82. The predicted molar refractivity (Wildman–Crippen MR) is 53.8 cm³/mol. The summed E-state index contributed by atoms with van der Waals surface area (Å²) < 4.78 is 0. The minimum Gasteiger partial charge on any atom is -0.396 e. The number of benzene rings is 1. The molecule has 0 heterocycles. The summed E-state index contributed by atoms with van der Waals surface area (Å²) in [5, 5.41) is 8.77. The van der Waals surface area contributed by atoms with Crippen LogP contribution in [-0.4, -0.2) is 11.7 Å². The van der Waals surface area contributed by atoms with Gasteiger partial charge >= 0.3 is 0 Å². The summed E-state index contributed by atoms with van der Waals surface area (Å²) in [5.41, 5.74) is 2.97. The van der Waals surface area contributed by atoms with Crippen molar-refractivity contribution in [3.05, 3.63) is 35.4 Å². The van der Waals surface area contributed by atoms with Gasteiger partial charge in [0, 0.05) is 6.61 Å². The van der Waals surface area contributed by atoms with Gasteiger partial charge in [-0.25, -0.2) is 0 Å². The monoisotopic (exact) mass is 176 g/mol. The highest BCUT2D eigenvalue weighted by Gasteiger charge is 2.25. The lowest BCUT2D eigenvalue weighted by Crippen LogP contribution is -1.94. The molecule has 0 spiro atoms. The summed E-state index contributed by atoms with van der Waals surface area (Å²) >= 11 is 0. The highest BCUT2D eigenvalue weighted by molar-refractivity contribution is 5.33. The van der Waals surface area contributed by atoms with Gasteiger partial charge in [-0.2, -0.15) is 0 Å². The van der Waals surface area contributed by atoms with E-state index in [4.69, 9.17) is 5.11 Å². The van der Waals surface area contributed by atoms with E-state index in [1.54, 1.807) is 0 Å². The Balaban J connectivity index is 2.12. The van der Waals surface area contributed by atoms with E-state index >= 15 is 0 Å². The normalized spacial score (nSPS) is 16.1. The molecule has 1 fully saturated rings. The van der Waals surface area contributed by atoms with Crippen LogP contribution in [-0.2, 0) is 6.42 Å². The van der Waals surface area contributed by atoms with Crippen molar-refractivity contribution >= 4 is 0 Å². The zero-order chi connectivity index (χ0) is 9.10. The number of hydrogen-bond donors (Lipinski definition) is 1. The highest BCUT2D eigenvalue weighted by Crippen LogP contribution is 2.41. The van der Waals surface area contributed by atoms with Crippen LogP contribution in [0, 0.1) is 0 Å². The smallest absolute Gasteiger partial charge is 0.0434 e. The number of hydrogen-bond acceptors (Lipinski definition) is 1. The molecule has 0 aromatic heterocycles. The van der Waals surface area contributed by atoms with Gasteiger partial charge in [0.15, 0.2) is 0 Å². The van der Waals surface area contributed by atoms with E-state index in [2.05, 4.69) is 24.3 Å². The van der Waals surface area contributed by atoms with Crippen LogP contribution in [0.1, 0.15) is 36.3 Å². The third-order valence-corrected chi connectivity index (χ3v) is 2.68. The van der Waals surface area contributed by atoms with Gasteiger partial charge in [0.1, 0.15) is 0 Å². The third kappa shape index (κ3) is 2.10. The average Bonchev–Trinajstić information content (AvgIpc) is 2.98. The molecule has 1 nitrogen and oxygen atoms in total. The van der Waals surface area contributed by atoms with E-state index in [0.717, 1.165) is 18.8 Å². The fraction of sp³-hybridized carbons (Fsp3) is 0.500. The molecule has 1 aromatic rings. The second kappa shape index (κ2) is 3.93. The Hall–Kier alpha value is -0.820. The molecule has 0 saturated heterocycles. The molecule has 1 aliphatic rings. The van der Waals surface area contributed by atoms with Crippen LogP contribution < -0.4 is 0 Å². The summed E-state index contributed by atoms with van der Waals surface area (Å²) in [5.74, 6) is 0.829. The summed E-state index contributed by atoms with van der Waals surface area (Å²) in [6.07, 6.45) is 4.64. The lowest BCUT2D eigenvalue weighted by molar-refractivity contribution is 0.288. The predicted octanol–water partition coefficient (Wildman–Crippen LogP) is 2.49. The maximum atomic E-state index is 8.77. The molecule has 13 heavy (non-hydrogen) atoms. The molecule has 70 valence electrons. The van der Waals surface area contributed by atoms with Crippen molar-refractivity contribution in [1.82, 2.24) is 0 Å². The molecule has 1 saturated carbocycles. The van der Waals surface area contributed by atoms with Gasteiger partial charge in [-0.15, -0.1) is 0 Å². The number of aliphatic hydroxyl groups is 1. The molecule has 2 rings (SSSR count). The molecular weight excluding hydrogens is 160 g/mol. The Labute approximate surface area is 79.4 Å². The Morgan fingerprint density at radius 2 is 2.00 bits per heavy atom. The van der Waals surface area contributed by atoms with E-state index in [-0.39, 0.29) is 0 Å². The second-order valence-corrected chi connectivity index (χ2v) is 3.80. The van der Waals surface area contributed by atoms with E-state index in [1.165, 1.54) is 24.0 Å². The summed E-state index contributed by atoms with van der Waals surface area (Å²) in [4.78, 5) is 0. The second-order valence-electron chi connectivity index (χ2n) is 3.80. The molecule has 1 heteroatoms. The molecular formula is C12H16O. The van der Waals surface area contributed by atoms with Crippen molar-refractivity contribution in [2.45, 2.75) is 31.6 Å². The first kappa shape index (κ1) is 8.76. The van der Waals surface area contributed by atoms with Crippen LogP contribution in [0.5, 0.6) is 0 Å². The maximum absolute atomic E-state index is 8.77. The molecule has 1 aliphatic carbocycles. The fourth-order valence-electron chi connectivity index (χ4n) is 1.82. The van der Waals surface area contributed by atoms with E-state index < -0.39 is 0 Å². The van der Waals surface area contributed by atoms with Crippen molar-refractivity contribution in [1.29, 1.82) is 0 Å². The lowest BCUT2D eigenvalue weighted by Gasteiger charge is -2.06. The Kier molecular flexibility index (Phi) is 2.65. The third-order valence-electron chi connectivity index (χ3n) is 2.68. The minimum absolute atomic E-state index is 0.305. The average molecular weight is 176 g/mol. The van der Waals surface area contributed by atoms with Crippen molar-refractivity contribution < 1.29 is 5.11 Å². The Morgan fingerprint density at radius 3 is 2.69 bits per heavy atom. The van der Waals surface area contributed by atoms with Gasteiger partial charge in [0.05, 0.1) is 0 Å². The maximum Gasteiger partial charge on any atom is 0.0434 e. The zero-order valence-electron chi connectivity index (χ0n) is 7.87. The molecule has 0 bridgehead atoms. The van der Waals surface area contributed by atoms with Crippen molar-refractivity contribution in [3.63, 3.8) is 0 Å². The van der Waals surface area contributed by atoms with E-state index in [1.807, 2.05) is 0 Å². The van der Waals surface area contributed by atoms with Gasteiger partial charge in [0.2, 0.25) is 0 Å². The first-order valence-corrected chi connectivity index (χ1v) is 5.10. The first-order valence-electron chi connectivity index (χ1n) is 5.10. The molecule has 0 unspecified atom stereocenters. The van der Waals surface area contributed by atoms with Gasteiger partial charge in [-0.3, -0.25) is 0 Å². The molecule has 0 aliphatic heterocycles. The topological polar surface area (TPSA) is 20.2 Å². The highest BCUT2D eigenvalue weighted by atomic mass is 16.2. The Bertz CT molecular complexity index is 276. The quantitative estimate of drug-likeness (QED) is 0.747. The molecule has 1 aromatic carbocycles. The largest absolute Gasteiger partial charge is 0.396 e. The lowest BCUT2D eigenvalue weighted by atomic mass is 10.00. The molecule has 1 N–H and O–H groups in total.